The largest absolute Gasteiger partial charge is 0.313 e. The molecule has 1 nitrogen and oxygen atoms in total. The molecule has 1 saturated carbocycles. The number of rotatable bonds is 4. The first-order valence-corrected chi connectivity index (χ1v) is 8.90. The van der Waals surface area contributed by atoms with Gasteiger partial charge in [-0.2, -0.15) is 0 Å². The van der Waals surface area contributed by atoms with Crippen molar-refractivity contribution in [3.63, 3.8) is 0 Å². The molecule has 0 aliphatic heterocycles. The van der Waals surface area contributed by atoms with E-state index >= 15 is 0 Å². The second-order valence-corrected chi connectivity index (χ2v) is 8.43. The predicted molar refractivity (Wildman–Crippen MR) is 91.2 cm³/mol. The van der Waals surface area contributed by atoms with E-state index in [0.29, 0.717) is 16.7 Å². The summed E-state index contributed by atoms with van der Waals surface area (Å²) in [5.41, 5.74) is 0.411. The van der Waals surface area contributed by atoms with Gasteiger partial charge in [0, 0.05) is 21.2 Å². The Labute approximate surface area is 136 Å². The lowest BCUT2D eigenvalue weighted by atomic mass is 9.75. The maximum absolute atomic E-state index is 6.31. The Morgan fingerprint density at radius 2 is 2.10 bits per heavy atom. The van der Waals surface area contributed by atoms with Crippen molar-refractivity contribution < 1.29 is 0 Å². The summed E-state index contributed by atoms with van der Waals surface area (Å²) in [5.74, 6) is 0. The van der Waals surface area contributed by atoms with Crippen molar-refractivity contribution in [2.75, 3.05) is 6.54 Å². The van der Waals surface area contributed by atoms with E-state index in [1.54, 1.807) is 0 Å². The Morgan fingerprint density at radius 1 is 1.35 bits per heavy atom. The molecule has 112 valence electrons. The molecule has 1 aromatic rings. The Bertz CT molecular complexity index is 462. The number of thioether (sulfide) groups is 1. The van der Waals surface area contributed by atoms with E-state index < -0.39 is 0 Å². The molecule has 0 bridgehead atoms. The maximum Gasteiger partial charge on any atom is 0.0543 e. The third-order valence-electron chi connectivity index (χ3n) is 3.97. The van der Waals surface area contributed by atoms with Gasteiger partial charge in [-0.15, -0.1) is 11.8 Å². The average molecular weight is 332 g/mol. The summed E-state index contributed by atoms with van der Waals surface area (Å²) in [7, 11) is 0. The fourth-order valence-electron chi connectivity index (χ4n) is 2.87. The van der Waals surface area contributed by atoms with Crippen LogP contribution in [0.5, 0.6) is 0 Å². The highest BCUT2D eigenvalue weighted by Gasteiger charge is 2.35. The zero-order valence-electron chi connectivity index (χ0n) is 12.4. The minimum absolute atomic E-state index is 0.411. The van der Waals surface area contributed by atoms with E-state index in [-0.39, 0.29) is 0 Å². The monoisotopic (exact) mass is 331 g/mol. The van der Waals surface area contributed by atoms with Crippen LogP contribution in [0.4, 0.5) is 0 Å². The molecular formula is C16H23Cl2NS. The molecule has 20 heavy (non-hydrogen) atoms. The SMILES string of the molecule is CCNC1CCC(C)(C)CC1Sc1cc(Cl)ccc1Cl. The van der Waals surface area contributed by atoms with E-state index in [1.165, 1.54) is 19.3 Å². The molecule has 1 aromatic carbocycles. The van der Waals surface area contributed by atoms with Crippen molar-refractivity contribution in [3.8, 4) is 0 Å². The van der Waals surface area contributed by atoms with E-state index in [4.69, 9.17) is 23.2 Å². The third kappa shape index (κ3) is 4.30. The quantitative estimate of drug-likeness (QED) is 0.765. The normalized spacial score (nSPS) is 25.6. The molecule has 0 amide bonds. The molecule has 0 aromatic heterocycles. The molecule has 1 fully saturated rings. The molecule has 4 heteroatoms. The van der Waals surface area contributed by atoms with E-state index in [2.05, 4.69) is 26.1 Å². The van der Waals surface area contributed by atoms with Crippen molar-refractivity contribution in [3.05, 3.63) is 28.2 Å². The van der Waals surface area contributed by atoms with Gasteiger partial charge in [-0.1, -0.05) is 44.0 Å². The molecule has 0 radical (unpaired) electrons. The Hall–Kier alpha value is 0.110. The van der Waals surface area contributed by atoms with Crippen LogP contribution < -0.4 is 5.32 Å². The molecule has 0 spiro atoms. The number of hydrogen-bond donors (Lipinski definition) is 1. The summed E-state index contributed by atoms with van der Waals surface area (Å²) in [6.07, 6.45) is 3.72. The summed E-state index contributed by atoms with van der Waals surface area (Å²) in [4.78, 5) is 1.10. The number of nitrogens with one attached hydrogen (secondary N) is 1. The average Bonchev–Trinajstić information content (AvgIpc) is 2.37. The second-order valence-electron chi connectivity index (χ2n) is 6.30. The van der Waals surface area contributed by atoms with Crippen LogP contribution in [0.2, 0.25) is 10.0 Å². The lowest BCUT2D eigenvalue weighted by Crippen LogP contribution is -2.44. The fraction of sp³-hybridized carbons (Fsp3) is 0.625. The van der Waals surface area contributed by atoms with Gasteiger partial charge in [0.1, 0.15) is 0 Å². The van der Waals surface area contributed by atoms with Crippen molar-refractivity contribution >= 4 is 35.0 Å². The highest BCUT2D eigenvalue weighted by molar-refractivity contribution is 8.00. The van der Waals surface area contributed by atoms with Crippen LogP contribution in [0, 0.1) is 5.41 Å². The van der Waals surface area contributed by atoms with Gasteiger partial charge in [0.2, 0.25) is 0 Å². The zero-order chi connectivity index (χ0) is 14.8. The Balaban J connectivity index is 2.16. The van der Waals surface area contributed by atoms with Crippen molar-refractivity contribution in [1.29, 1.82) is 0 Å². The van der Waals surface area contributed by atoms with E-state index in [0.717, 1.165) is 21.5 Å². The smallest absolute Gasteiger partial charge is 0.0543 e. The molecule has 0 saturated heterocycles. The lowest BCUT2D eigenvalue weighted by molar-refractivity contribution is 0.215. The van der Waals surface area contributed by atoms with Gasteiger partial charge in [0.05, 0.1) is 5.02 Å². The minimum Gasteiger partial charge on any atom is -0.313 e. The van der Waals surface area contributed by atoms with Crippen LogP contribution >= 0.6 is 35.0 Å². The lowest BCUT2D eigenvalue weighted by Gasteiger charge is -2.41. The van der Waals surface area contributed by atoms with Crippen LogP contribution in [0.3, 0.4) is 0 Å². The van der Waals surface area contributed by atoms with Gasteiger partial charge in [-0.05, 0) is 49.4 Å². The first-order valence-electron chi connectivity index (χ1n) is 7.26. The van der Waals surface area contributed by atoms with E-state index in [9.17, 15) is 0 Å². The van der Waals surface area contributed by atoms with Crippen molar-refractivity contribution in [2.45, 2.75) is 56.2 Å². The Morgan fingerprint density at radius 3 is 2.80 bits per heavy atom. The van der Waals surface area contributed by atoms with Gasteiger partial charge in [0.25, 0.3) is 0 Å². The standard InChI is InChI=1S/C16H23Cl2NS/c1-4-19-13-7-8-16(2,3)10-15(13)20-14-9-11(17)5-6-12(14)18/h5-6,9,13,15,19H,4,7-8,10H2,1-3H3. The summed E-state index contributed by atoms with van der Waals surface area (Å²) in [6.45, 7) is 7.92. The number of halogens is 2. The second kappa shape index (κ2) is 6.91. The third-order valence-corrected chi connectivity index (χ3v) is 6.04. The summed E-state index contributed by atoms with van der Waals surface area (Å²) in [6, 6.07) is 6.29. The van der Waals surface area contributed by atoms with Gasteiger partial charge in [-0.25, -0.2) is 0 Å². The fourth-order valence-corrected chi connectivity index (χ4v) is 4.99. The molecule has 1 N–H and O–H groups in total. The summed E-state index contributed by atoms with van der Waals surface area (Å²) < 4.78 is 0. The maximum atomic E-state index is 6.31. The topological polar surface area (TPSA) is 12.0 Å². The molecule has 1 aliphatic rings. The summed E-state index contributed by atoms with van der Waals surface area (Å²) in [5, 5.41) is 5.74. The molecule has 2 atom stereocenters. The van der Waals surface area contributed by atoms with Gasteiger partial charge >= 0.3 is 0 Å². The molecule has 2 unspecified atom stereocenters. The van der Waals surface area contributed by atoms with Crippen LogP contribution in [-0.2, 0) is 0 Å². The Kier molecular flexibility index (Phi) is 5.70. The van der Waals surface area contributed by atoms with Gasteiger partial charge in [-0.3, -0.25) is 0 Å². The molecule has 0 heterocycles. The number of benzene rings is 1. The van der Waals surface area contributed by atoms with Crippen LogP contribution in [0.1, 0.15) is 40.0 Å². The molecule has 1 aliphatic carbocycles. The van der Waals surface area contributed by atoms with E-state index in [1.807, 2.05) is 30.0 Å². The first kappa shape index (κ1) is 16.5. The number of hydrogen-bond acceptors (Lipinski definition) is 2. The zero-order valence-corrected chi connectivity index (χ0v) is 14.7. The van der Waals surface area contributed by atoms with Gasteiger partial charge in [0.15, 0.2) is 0 Å². The molecule has 2 rings (SSSR count). The van der Waals surface area contributed by atoms with Crippen molar-refractivity contribution in [1.82, 2.24) is 5.32 Å². The molecular weight excluding hydrogens is 309 g/mol. The van der Waals surface area contributed by atoms with Crippen molar-refractivity contribution in [2.24, 2.45) is 5.41 Å². The summed E-state index contributed by atoms with van der Waals surface area (Å²) >= 11 is 14.3. The van der Waals surface area contributed by atoms with Crippen LogP contribution in [0.25, 0.3) is 0 Å². The predicted octanol–water partition coefficient (Wildman–Crippen LogP) is 5.64. The van der Waals surface area contributed by atoms with Crippen LogP contribution in [0.15, 0.2) is 23.1 Å². The van der Waals surface area contributed by atoms with Gasteiger partial charge < -0.3 is 5.32 Å². The first-order chi connectivity index (χ1) is 9.41. The van der Waals surface area contributed by atoms with Crippen LogP contribution in [-0.4, -0.2) is 17.8 Å². The highest BCUT2D eigenvalue weighted by Crippen LogP contribution is 2.44. The highest BCUT2D eigenvalue weighted by atomic mass is 35.5. The minimum atomic E-state index is 0.411.